The van der Waals surface area contributed by atoms with Crippen molar-refractivity contribution in [2.45, 2.75) is 32.5 Å². The maximum atomic E-state index is 13.2. The van der Waals surface area contributed by atoms with Crippen LogP contribution < -0.4 is 4.90 Å². The van der Waals surface area contributed by atoms with Gasteiger partial charge in [-0.1, -0.05) is 42.1 Å². The molecular weight excluding hydrogens is 454 g/mol. The molecule has 1 aliphatic rings. The Kier molecular flexibility index (Phi) is 7.69. The number of esters is 1. The summed E-state index contributed by atoms with van der Waals surface area (Å²) in [6, 6.07) is 10.1. The fourth-order valence-electron chi connectivity index (χ4n) is 4.07. The molecule has 0 bridgehead atoms. The van der Waals surface area contributed by atoms with Gasteiger partial charge in [-0.3, -0.25) is 9.36 Å². The standard InChI is InChI=1S/C24H29N5O4S/c1-4-33-22(31)21-16(2)20(17(3)25-21)19(30)15-34-24-27-26-23(28-10-12-32-13-11-28)29(24)14-18-8-6-5-7-9-18/h5-9,25H,4,10-15H2,1-3H3. The molecule has 3 aromatic rings. The van der Waals surface area contributed by atoms with Crippen molar-refractivity contribution in [3.63, 3.8) is 0 Å². The number of Topliss-reactive ketones (excluding diaryl/α,β-unsaturated/α-hetero) is 1. The highest BCUT2D eigenvalue weighted by atomic mass is 32.2. The van der Waals surface area contributed by atoms with E-state index in [2.05, 4.69) is 36.8 Å². The van der Waals surface area contributed by atoms with E-state index < -0.39 is 5.97 Å². The molecule has 4 rings (SSSR count). The SMILES string of the molecule is CCOC(=O)c1[nH]c(C)c(C(=O)CSc2nnc(N3CCOCC3)n2Cc2ccccc2)c1C. The Bertz CT molecular complexity index is 1150. The summed E-state index contributed by atoms with van der Waals surface area (Å²) in [6.45, 7) is 8.97. The first kappa shape index (κ1) is 24.0. The number of aromatic amines is 1. The molecule has 0 saturated carbocycles. The Labute approximate surface area is 202 Å². The summed E-state index contributed by atoms with van der Waals surface area (Å²) in [7, 11) is 0. The number of hydrogen-bond acceptors (Lipinski definition) is 8. The lowest BCUT2D eigenvalue weighted by Gasteiger charge is -2.28. The van der Waals surface area contributed by atoms with Crippen LogP contribution in [0.1, 0.15) is 44.6 Å². The van der Waals surface area contributed by atoms with Crippen molar-refractivity contribution in [1.29, 1.82) is 0 Å². The first-order chi connectivity index (χ1) is 16.5. The number of morpholine rings is 1. The number of carbonyl (C=O) groups is 2. The number of ketones is 1. The van der Waals surface area contributed by atoms with Gasteiger partial charge in [0.2, 0.25) is 5.95 Å². The average Bonchev–Trinajstić information content (AvgIpc) is 3.38. The number of hydrogen-bond donors (Lipinski definition) is 1. The van der Waals surface area contributed by atoms with Gasteiger partial charge in [-0.25, -0.2) is 4.79 Å². The lowest BCUT2D eigenvalue weighted by atomic mass is 10.1. The summed E-state index contributed by atoms with van der Waals surface area (Å²) in [5.41, 5.74) is 3.25. The molecule has 2 aromatic heterocycles. The van der Waals surface area contributed by atoms with Gasteiger partial charge in [-0.15, -0.1) is 10.2 Å². The molecule has 9 nitrogen and oxygen atoms in total. The lowest BCUT2D eigenvalue weighted by Crippen LogP contribution is -2.38. The van der Waals surface area contributed by atoms with Crippen molar-refractivity contribution >= 4 is 29.5 Å². The fraction of sp³-hybridized carbons (Fsp3) is 0.417. The second-order valence-electron chi connectivity index (χ2n) is 8.01. The summed E-state index contributed by atoms with van der Waals surface area (Å²) in [5.74, 6) is 0.430. The second kappa shape index (κ2) is 10.9. The zero-order valence-electron chi connectivity index (χ0n) is 19.7. The van der Waals surface area contributed by atoms with Gasteiger partial charge in [0, 0.05) is 24.3 Å². The predicted octanol–water partition coefficient (Wildman–Crippen LogP) is 3.26. The van der Waals surface area contributed by atoms with Gasteiger partial charge < -0.3 is 19.4 Å². The number of ether oxygens (including phenoxy) is 2. The number of benzene rings is 1. The van der Waals surface area contributed by atoms with E-state index in [4.69, 9.17) is 9.47 Å². The van der Waals surface area contributed by atoms with Crippen LogP contribution in [0.15, 0.2) is 35.5 Å². The van der Waals surface area contributed by atoms with Gasteiger partial charge in [0.15, 0.2) is 10.9 Å². The molecule has 1 saturated heterocycles. The number of nitrogens with one attached hydrogen (secondary N) is 1. The van der Waals surface area contributed by atoms with Crippen molar-refractivity contribution in [2.24, 2.45) is 0 Å². The van der Waals surface area contributed by atoms with Gasteiger partial charge >= 0.3 is 5.97 Å². The predicted molar refractivity (Wildman–Crippen MR) is 130 cm³/mol. The zero-order valence-corrected chi connectivity index (χ0v) is 20.5. The Hall–Kier alpha value is -3.11. The largest absolute Gasteiger partial charge is 0.461 e. The van der Waals surface area contributed by atoms with Crippen molar-refractivity contribution < 1.29 is 19.1 Å². The van der Waals surface area contributed by atoms with Crippen molar-refractivity contribution in [2.75, 3.05) is 43.6 Å². The lowest BCUT2D eigenvalue weighted by molar-refractivity contribution is 0.0519. The Balaban J connectivity index is 1.55. The highest BCUT2D eigenvalue weighted by Crippen LogP contribution is 2.27. The van der Waals surface area contributed by atoms with Crippen LogP contribution in [0.25, 0.3) is 0 Å². The number of carbonyl (C=O) groups excluding carboxylic acids is 2. The number of thioether (sulfide) groups is 1. The zero-order chi connectivity index (χ0) is 24.1. The van der Waals surface area contributed by atoms with Gasteiger partial charge in [0.1, 0.15) is 5.69 Å². The quantitative estimate of drug-likeness (QED) is 0.281. The summed E-state index contributed by atoms with van der Waals surface area (Å²) in [4.78, 5) is 30.5. The van der Waals surface area contributed by atoms with Gasteiger partial charge in [0.05, 0.1) is 32.1 Å². The van der Waals surface area contributed by atoms with Crippen LogP contribution in [0.3, 0.4) is 0 Å². The molecule has 0 atom stereocenters. The molecule has 34 heavy (non-hydrogen) atoms. The summed E-state index contributed by atoms with van der Waals surface area (Å²) in [6.07, 6.45) is 0. The van der Waals surface area contributed by atoms with Crippen LogP contribution in [0.5, 0.6) is 0 Å². The van der Waals surface area contributed by atoms with E-state index in [0.29, 0.717) is 47.4 Å². The number of rotatable bonds is 9. The third kappa shape index (κ3) is 5.18. The van der Waals surface area contributed by atoms with Crippen LogP contribution >= 0.6 is 11.8 Å². The van der Waals surface area contributed by atoms with Crippen molar-refractivity contribution in [3.8, 4) is 0 Å². The maximum Gasteiger partial charge on any atom is 0.355 e. The third-order valence-corrected chi connectivity index (χ3v) is 6.67. The van der Waals surface area contributed by atoms with Crippen LogP contribution in [-0.4, -0.2) is 70.2 Å². The first-order valence-corrected chi connectivity index (χ1v) is 12.3. The van der Waals surface area contributed by atoms with Crippen molar-refractivity contribution in [1.82, 2.24) is 19.7 Å². The molecule has 1 aliphatic heterocycles. The molecule has 0 radical (unpaired) electrons. The average molecular weight is 484 g/mol. The Morgan fingerprint density at radius 3 is 2.59 bits per heavy atom. The monoisotopic (exact) mass is 483 g/mol. The van der Waals surface area contributed by atoms with E-state index in [1.807, 2.05) is 18.2 Å². The Morgan fingerprint density at radius 2 is 1.88 bits per heavy atom. The molecule has 1 aromatic carbocycles. The molecule has 1 N–H and O–H groups in total. The molecule has 180 valence electrons. The molecule has 10 heteroatoms. The molecule has 1 fully saturated rings. The minimum absolute atomic E-state index is 0.0750. The molecule has 3 heterocycles. The van der Waals surface area contributed by atoms with E-state index in [9.17, 15) is 9.59 Å². The molecule has 0 aliphatic carbocycles. The summed E-state index contributed by atoms with van der Waals surface area (Å²) >= 11 is 1.35. The maximum absolute atomic E-state index is 13.2. The summed E-state index contributed by atoms with van der Waals surface area (Å²) < 4.78 is 12.6. The van der Waals surface area contributed by atoms with Gasteiger partial charge in [0.25, 0.3) is 0 Å². The third-order valence-electron chi connectivity index (χ3n) is 5.70. The van der Waals surface area contributed by atoms with Gasteiger partial charge in [-0.2, -0.15) is 0 Å². The van der Waals surface area contributed by atoms with E-state index >= 15 is 0 Å². The number of H-pyrrole nitrogens is 1. The number of anilines is 1. The minimum atomic E-state index is -0.451. The Morgan fingerprint density at radius 1 is 1.15 bits per heavy atom. The topological polar surface area (TPSA) is 102 Å². The van der Waals surface area contributed by atoms with E-state index in [1.165, 1.54) is 11.8 Å². The van der Waals surface area contributed by atoms with Crippen molar-refractivity contribution in [3.05, 3.63) is 58.4 Å². The van der Waals surface area contributed by atoms with E-state index in [0.717, 1.165) is 24.6 Å². The van der Waals surface area contributed by atoms with Crippen LogP contribution in [0.2, 0.25) is 0 Å². The van der Waals surface area contributed by atoms with Crippen LogP contribution in [-0.2, 0) is 16.0 Å². The smallest absolute Gasteiger partial charge is 0.355 e. The molecule has 0 unspecified atom stereocenters. The second-order valence-corrected chi connectivity index (χ2v) is 8.95. The number of aromatic nitrogens is 4. The molecule has 0 amide bonds. The normalized spacial score (nSPS) is 13.8. The summed E-state index contributed by atoms with van der Waals surface area (Å²) in [5, 5.41) is 9.54. The molecular formula is C24H29N5O4S. The number of aryl methyl sites for hydroxylation is 1. The first-order valence-electron chi connectivity index (χ1n) is 11.3. The highest BCUT2D eigenvalue weighted by molar-refractivity contribution is 7.99. The van der Waals surface area contributed by atoms with E-state index in [1.54, 1.807) is 20.8 Å². The van der Waals surface area contributed by atoms with Gasteiger partial charge in [-0.05, 0) is 31.9 Å². The van der Waals surface area contributed by atoms with E-state index in [-0.39, 0.29) is 18.1 Å². The molecule has 0 spiro atoms. The van der Waals surface area contributed by atoms with Crippen LogP contribution in [0, 0.1) is 13.8 Å². The minimum Gasteiger partial charge on any atom is -0.461 e. The van der Waals surface area contributed by atoms with Crippen LogP contribution in [0.4, 0.5) is 5.95 Å². The highest BCUT2D eigenvalue weighted by Gasteiger charge is 2.25. The fourth-order valence-corrected chi connectivity index (χ4v) is 4.87. The number of nitrogens with zero attached hydrogens (tertiary/aromatic N) is 4.